The number of alkyl halides is 3. The molecule has 0 atom stereocenters. The molecule has 0 aliphatic carbocycles. The van der Waals surface area contributed by atoms with Gasteiger partial charge in [-0.2, -0.15) is 13.2 Å². The molecule has 3 aromatic rings. The van der Waals surface area contributed by atoms with Gasteiger partial charge in [0.1, 0.15) is 5.82 Å². The van der Waals surface area contributed by atoms with Crippen LogP contribution in [0.1, 0.15) is 5.56 Å². The molecule has 1 nitrogen and oxygen atoms in total. The SMILES string of the molecule is Fc1cc(Cl)cc2cc(-c3ccc(C(F)(F)F)cc3)[nH]c12. The van der Waals surface area contributed by atoms with Gasteiger partial charge in [-0.05, 0) is 35.9 Å². The van der Waals surface area contributed by atoms with Crippen LogP contribution >= 0.6 is 11.6 Å². The van der Waals surface area contributed by atoms with Crippen molar-refractivity contribution in [2.45, 2.75) is 6.18 Å². The minimum absolute atomic E-state index is 0.262. The maximum absolute atomic E-state index is 13.7. The first-order valence-corrected chi connectivity index (χ1v) is 6.38. The van der Waals surface area contributed by atoms with E-state index in [1.54, 1.807) is 12.1 Å². The minimum atomic E-state index is -4.38. The summed E-state index contributed by atoms with van der Waals surface area (Å²) in [5, 5.41) is 0.827. The summed E-state index contributed by atoms with van der Waals surface area (Å²) < 4.78 is 51.3. The Bertz CT molecular complexity index is 803. The fourth-order valence-electron chi connectivity index (χ4n) is 2.16. The zero-order valence-corrected chi connectivity index (χ0v) is 11.2. The van der Waals surface area contributed by atoms with E-state index in [1.165, 1.54) is 18.2 Å². The zero-order valence-electron chi connectivity index (χ0n) is 10.4. The van der Waals surface area contributed by atoms with E-state index in [-0.39, 0.29) is 10.5 Å². The van der Waals surface area contributed by atoms with Crippen LogP contribution in [0.4, 0.5) is 17.6 Å². The summed E-state index contributed by atoms with van der Waals surface area (Å²) in [5.41, 5.74) is 0.612. The summed E-state index contributed by atoms with van der Waals surface area (Å²) in [6.45, 7) is 0. The largest absolute Gasteiger partial charge is 0.416 e. The van der Waals surface area contributed by atoms with Gasteiger partial charge < -0.3 is 4.98 Å². The molecule has 0 aliphatic heterocycles. The number of aromatic nitrogens is 1. The molecule has 0 radical (unpaired) electrons. The normalized spacial score (nSPS) is 12.0. The zero-order chi connectivity index (χ0) is 15.2. The molecule has 0 aliphatic rings. The topological polar surface area (TPSA) is 15.8 Å². The number of aromatic amines is 1. The lowest BCUT2D eigenvalue weighted by Gasteiger charge is -2.06. The highest BCUT2D eigenvalue weighted by molar-refractivity contribution is 6.31. The Morgan fingerprint density at radius 3 is 2.24 bits per heavy atom. The molecule has 3 rings (SSSR count). The highest BCUT2D eigenvalue weighted by Crippen LogP contribution is 2.32. The Morgan fingerprint density at radius 1 is 0.952 bits per heavy atom. The van der Waals surface area contributed by atoms with Crippen LogP contribution in [0, 0.1) is 5.82 Å². The number of nitrogens with one attached hydrogen (secondary N) is 1. The molecule has 0 saturated carbocycles. The van der Waals surface area contributed by atoms with Gasteiger partial charge in [0.25, 0.3) is 0 Å². The van der Waals surface area contributed by atoms with E-state index in [9.17, 15) is 17.6 Å². The lowest BCUT2D eigenvalue weighted by Crippen LogP contribution is -2.03. The average Bonchev–Trinajstić information content (AvgIpc) is 2.82. The van der Waals surface area contributed by atoms with Gasteiger partial charge in [0.05, 0.1) is 11.1 Å². The Labute approximate surface area is 122 Å². The predicted octanol–water partition coefficient (Wildman–Crippen LogP) is 5.65. The molecule has 21 heavy (non-hydrogen) atoms. The van der Waals surface area contributed by atoms with Crippen molar-refractivity contribution in [3.8, 4) is 11.3 Å². The third-order valence-electron chi connectivity index (χ3n) is 3.17. The molecule has 0 amide bonds. The monoisotopic (exact) mass is 313 g/mol. The van der Waals surface area contributed by atoms with Gasteiger partial charge in [0.2, 0.25) is 0 Å². The van der Waals surface area contributed by atoms with E-state index < -0.39 is 17.6 Å². The quantitative estimate of drug-likeness (QED) is 0.559. The van der Waals surface area contributed by atoms with Crippen LogP contribution < -0.4 is 0 Å². The average molecular weight is 314 g/mol. The van der Waals surface area contributed by atoms with Gasteiger partial charge >= 0.3 is 6.18 Å². The van der Waals surface area contributed by atoms with Gasteiger partial charge in [-0.25, -0.2) is 4.39 Å². The standard InChI is InChI=1S/C15H8ClF4N/c16-11-5-9-6-13(21-14(9)12(17)7-11)8-1-3-10(4-2-8)15(18,19)20/h1-7,21H. The van der Waals surface area contributed by atoms with E-state index in [0.29, 0.717) is 16.6 Å². The molecule has 108 valence electrons. The minimum Gasteiger partial charge on any atom is -0.352 e. The number of hydrogen-bond donors (Lipinski definition) is 1. The Kier molecular flexibility index (Phi) is 3.17. The Hall–Kier alpha value is -2.01. The van der Waals surface area contributed by atoms with Gasteiger partial charge in [0.15, 0.2) is 0 Å². The second-order valence-corrected chi connectivity index (χ2v) is 5.05. The van der Waals surface area contributed by atoms with Crippen molar-refractivity contribution in [1.82, 2.24) is 4.98 Å². The Morgan fingerprint density at radius 2 is 1.62 bits per heavy atom. The summed E-state index contributed by atoms with van der Waals surface area (Å²) in [6, 6.07) is 9.07. The van der Waals surface area contributed by atoms with Crippen molar-refractivity contribution in [3.05, 3.63) is 58.9 Å². The second-order valence-electron chi connectivity index (χ2n) is 4.61. The summed E-state index contributed by atoms with van der Waals surface area (Å²) in [4.78, 5) is 2.85. The summed E-state index contributed by atoms with van der Waals surface area (Å²) >= 11 is 5.77. The van der Waals surface area contributed by atoms with E-state index in [0.717, 1.165) is 12.1 Å². The number of hydrogen-bond acceptors (Lipinski definition) is 0. The van der Waals surface area contributed by atoms with Gasteiger partial charge in [0, 0.05) is 16.1 Å². The maximum atomic E-state index is 13.7. The highest BCUT2D eigenvalue weighted by Gasteiger charge is 2.30. The first kappa shape index (κ1) is 13.9. The number of benzene rings is 2. The number of rotatable bonds is 1. The molecule has 1 N–H and O–H groups in total. The molecule has 6 heteroatoms. The highest BCUT2D eigenvalue weighted by atomic mass is 35.5. The predicted molar refractivity (Wildman–Crippen MR) is 73.7 cm³/mol. The van der Waals surface area contributed by atoms with Crippen molar-refractivity contribution in [2.75, 3.05) is 0 Å². The smallest absolute Gasteiger partial charge is 0.352 e. The van der Waals surface area contributed by atoms with Gasteiger partial charge in [-0.3, -0.25) is 0 Å². The fraction of sp³-hybridized carbons (Fsp3) is 0.0667. The molecular weight excluding hydrogens is 306 g/mol. The second kappa shape index (κ2) is 4.77. The van der Waals surface area contributed by atoms with Crippen LogP contribution in [0.3, 0.4) is 0 Å². The van der Waals surface area contributed by atoms with E-state index in [4.69, 9.17) is 11.6 Å². The van der Waals surface area contributed by atoms with Crippen LogP contribution in [0.5, 0.6) is 0 Å². The van der Waals surface area contributed by atoms with Crippen LogP contribution in [0.25, 0.3) is 22.2 Å². The van der Waals surface area contributed by atoms with Crippen LogP contribution in [-0.4, -0.2) is 4.98 Å². The number of halogens is 5. The molecular formula is C15H8ClF4N. The summed E-state index contributed by atoms with van der Waals surface area (Å²) in [6.07, 6.45) is -4.38. The summed E-state index contributed by atoms with van der Waals surface area (Å²) in [7, 11) is 0. The van der Waals surface area contributed by atoms with Gasteiger partial charge in [-0.15, -0.1) is 0 Å². The van der Waals surface area contributed by atoms with Crippen molar-refractivity contribution in [3.63, 3.8) is 0 Å². The van der Waals surface area contributed by atoms with Crippen molar-refractivity contribution in [2.24, 2.45) is 0 Å². The molecule has 0 unspecified atom stereocenters. The molecule has 1 heterocycles. The number of H-pyrrole nitrogens is 1. The van der Waals surface area contributed by atoms with Crippen molar-refractivity contribution in [1.29, 1.82) is 0 Å². The molecule has 1 aromatic heterocycles. The lowest BCUT2D eigenvalue weighted by molar-refractivity contribution is -0.137. The van der Waals surface area contributed by atoms with Crippen LogP contribution in [0.2, 0.25) is 5.02 Å². The third-order valence-corrected chi connectivity index (χ3v) is 3.39. The molecule has 0 spiro atoms. The fourth-order valence-corrected chi connectivity index (χ4v) is 2.37. The van der Waals surface area contributed by atoms with Crippen LogP contribution in [0.15, 0.2) is 42.5 Å². The first-order chi connectivity index (χ1) is 9.84. The van der Waals surface area contributed by atoms with E-state index >= 15 is 0 Å². The molecule has 0 saturated heterocycles. The summed E-state index contributed by atoms with van der Waals surface area (Å²) in [5.74, 6) is -0.504. The molecule has 2 aromatic carbocycles. The van der Waals surface area contributed by atoms with E-state index in [1.807, 2.05) is 0 Å². The van der Waals surface area contributed by atoms with Crippen molar-refractivity contribution < 1.29 is 17.6 Å². The third kappa shape index (κ3) is 2.61. The van der Waals surface area contributed by atoms with Gasteiger partial charge in [-0.1, -0.05) is 23.7 Å². The van der Waals surface area contributed by atoms with Crippen LogP contribution in [-0.2, 0) is 6.18 Å². The number of fused-ring (bicyclic) bond motifs is 1. The molecule has 0 fully saturated rings. The molecule has 0 bridgehead atoms. The maximum Gasteiger partial charge on any atom is 0.416 e. The first-order valence-electron chi connectivity index (χ1n) is 6.00. The lowest BCUT2D eigenvalue weighted by atomic mass is 10.1. The van der Waals surface area contributed by atoms with E-state index in [2.05, 4.69) is 4.98 Å². The van der Waals surface area contributed by atoms with Crippen molar-refractivity contribution >= 4 is 22.5 Å². The Balaban J connectivity index is 2.06.